The Labute approximate surface area is 207 Å². The maximum absolute atomic E-state index is 11.5. The Balaban J connectivity index is 0.000000677. The molecule has 0 amide bonds. The number of methoxy groups -OCH3 is 4. The van der Waals surface area contributed by atoms with Crippen molar-refractivity contribution in [3.8, 4) is 23.0 Å². The van der Waals surface area contributed by atoms with Crippen molar-refractivity contribution in [1.82, 2.24) is 0 Å². The Hall–Kier alpha value is -4.20. The molecular formula is C27H34O8. The summed E-state index contributed by atoms with van der Waals surface area (Å²) in [5.74, 6) is 0.491. The van der Waals surface area contributed by atoms with E-state index in [4.69, 9.17) is 19.3 Å². The van der Waals surface area contributed by atoms with Crippen LogP contribution in [0.25, 0.3) is 0 Å². The smallest absolute Gasteiger partial charge is 0.341 e. The molecule has 0 aromatic heterocycles. The molecule has 0 atom stereocenters. The molecule has 0 aliphatic heterocycles. The van der Waals surface area contributed by atoms with Crippen LogP contribution in [0.2, 0.25) is 0 Å². The van der Waals surface area contributed by atoms with Gasteiger partial charge in [-0.05, 0) is 29.8 Å². The Bertz CT molecular complexity index is 1060. The van der Waals surface area contributed by atoms with Crippen molar-refractivity contribution >= 4 is 11.9 Å². The zero-order chi connectivity index (χ0) is 24.2. The molecule has 8 heteroatoms. The predicted molar refractivity (Wildman–Crippen MR) is 135 cm³/mol. The zero-order valence-electron chi connectivity index (χ0n) is 18.9. The maximum atomic E-state index is 11.5. The molecule has 0 fully saturated rings. The Morgan fingerprint density at radius 3 is 1.74 bits per heavy atom. The van der Waals surface area contributed by atoms with Crippen LogP contribution in [0, 0.1) is 0 Å². The van der Waals surface area contributed by atoms with Gasteiger partial charge in [0.05, 0.1) is 28.4 Å². The summed E-state index contributed by atoms with van der Waals surface area (Å²) in [5.41, 5.74) is 1.74. The number of carbonyl (C=O) groups excluding carboxylic acids is 2. The van der Waals surface area contributed by atoms with Gasteiger partial charge in [0.25, 0.3) is 0 Å². The van der Waals surface area contributed by atoms with Crippen molar-refractivity contribution < 1.29 is 38.4 Å². The van der Waals surface area contributed by atoms with Crippen LogP contribution in [-0.4, -0.2) is 45.5 Å². The average Bonchev–Trinajstić information content (AvgIpc) is 2.87. The molecule has 3 aromatic rings. The normalized spacial score (nSPS) is 9.14. The summed E-state index contributed by atoms with van der Waals surface area (Å²) in [7, 11) is 5.54. The van der Waals surface area contributed by atoms with Crippen LogP contribution in [0.3, 0.4) is 0 Å². The maximum Gasteiger partial charge on any atom is 0.341 e. The molecule has 0 spiro atoms. The first-order chi connectivity index (χ1) is 15.9. The first-order valence-corrected chi connectivity index (χ1v) is 9.81. The summed E-state index contributed by atoms with van der Waals surface area (Å²) in [6.45, 7) is 0.460. The first kappa shape index (κ1) is 30.8. The number of phenols is 1. The van der Waals surface area contributed by atoms with Gasteiger partial charge in [0.2, 0.25) is 0 Å². The van der Waals surface area contributed by atoms with Gasteiger partial charge in [-0.1, -0.05) is 45.2 Å². The van der Waals surface area contributed by atoms with Crippen LogP contribution in [0.15, 0.2) is 66.7 Å². The first-order valence-electron chi connectivity index (χ1n) is 9.81. The number of ether oxygens (including phenoxy) is 5. The van der Waals surface area contributed by atoms with Gasteiger partial charge in [-0.2, -0.15) is 0 Å². The second-order valence-electron chi connectivity index (χ2n) is 6.50. The van der Waals surface area contributed by atoms with E-state index in [-0.39, 0.29) is 20.6 Å². The number of hydrogen-bond acceptors (Lipinski definition) is 8. The van der Waals surface area contributed by atoms with Gasteiger partial charge in [-0.3, -0.25) is 0 Å². The lowest BCUT2D eigenvalue weighted by Gasteiger charge is -2.10. The standard InChI is InChI=1S/C16H16O4.C9H10O4.2CH4/c1-18-15-10-13(8-9-14(15)16(17)19-2)20-11-12-6-4-3-5-7-12;1-12-8-5-6(10)3-4-7(8)9(11)13-2;;/h3-10H,11H2,1-2H3;3-5,10H,1-2H3;2*1H4. The zero-order valence-corrected chi connectivity index (χ0v) is 18.9. The van der Waals surface area contributed by atoms with E-state index in [9.17, 15) is 9.59 Å². The van der Waals surface area contributed by atoms with Crippen molar-refractivity contribution in [3.63, 3.8) is 0 Å². The van der Waals surface area contributed by atoms with Crippen LogP contribution >= 0.6 is 0 Å². The fourth-order valence-electron chi connectivity index (χ4n) is 2.74. The van der Waals surface area contributed by atoms with Crippen LogP contribution < -0.4 is 14.2 Å². The summed E-state index contributed by atoms with van der Waals surface area (Å²) in [4.78, 5) is 22.7. The van der Waals surface area contributed by atoms with Crippen molar-refractivity contribution in [1.29, 1.82) is 0 Å². The number of aromatic hydroxyl groups is 1. The lowest BCUT2D eigenvalue weighted by Crippen LogP contribution is -2.04. The highest BCUT2D eigenvalue weighted by molar-refractivity contribution is 5.93. The van der Waals surface area contributed by atoms with E-state index < -0.39 is 11.9 Å². The van der Waals surface area contributed by atoms with Crippen LogP contribution in [-0.2, 0) is 16.1 Å². The molecule has 3 aromatic carbocycles. The molecule has 0 unspecified atom stereocenters. The number of hydrogen-bond donors (Lipinski definition) is 1. The number of benzene rings is 3. The third-order valence-electron chi connectivity index (χ3n) is 4.42. The lowest BCUT2D eigenvalue weighted by molar-refractivity contribution is 0.0588. The van der Waals surface area contributed by atoms with Gasteiger partial charge in [0.15, 0.2) is 0 Å². The van der Waals surface area contributed by atoms with Gasteiger partial charge in [0, 0.05) is 12.1 Å². The molecule has 8 nitrogen and oxygen atoms in total. The second kappa shape index (κ2) is 15.6. The van der Waals surface area contributed by atoms with Crippen LogP contribution in [0.4, 0.5) is 0 Å². The highest BCUT2D eigenvalue weighted by atomic mass is 16.5. The number of carbonyl (C=O) groups is 2. The lowest BCUT2D eigenvalue weighted by atomic mass is 10.2. The monoisotopic (exact) mass is 486 g/mol. The molecule has 0 radical (unpaired) electrons. The van der Waals surface area contributed by atoms with E-state index in [0.29, 0.717) is 35.0 Å². The van der Waals surface area contributed by atoms with Crippen molar-refractivity contribution in [2.45, 2.75) is 21.5 Å². The predicted octanol–water partition coefficient (Wildman–Crippen LogP) is 5.52. The van der Waals surface area contributed by atoms with E-state index >= 15 is 0 Å². The topological polar surface area (TPSA) is 101 Å². The summed E-state index contributed by atoms with van der Waals surface area (Å²) in [6.07, 6.45) is 0. The van der Waals surface area contributed by atoms with Crippen molar-refractivity contribution in [3.05, 3.63) is 83.4 Å². The van der Waals surface area contributed by atoms with E-state index in [1.807, 2.05) is 30.3 Å². The highest BCUT2D eigenvalue weighted by Gasteiger charge is 2.14. The largest absolute Gasteiger partial charge is 0.508 e. The molecule has 3 rings (SSSR count). The van der Waals surface area contributed by atoms with E-state index in [0.717, 1.165) is 5.56 Å². The Morgan fingerprint density at radius 1 is 0.714 bits per heavy atom. The second-order valence-corrected chi connectivity index (χ2v) is 6.50. The van der Waals surface area contributed by atoms with Gasteiger partial charge < -0.3 is 28.8 Å². The molecule has 0 bridgehead atoms. The Morgan fingerprint density at radius 2 is 1.23 bits per heavy atom. The quantitative estimate of drug-likeness (QED) is 0.436. The summed E-state index contributed by atoms with van der Waals surface area (Å²) < 4.78 is 24.9. The van der Waals surface area contributed by atoms with Crippen LogP contribution in [0.1, 0.15) is 41.1 Å². The number of rotatable bonds is 7. The van der Waals surface area contributed by atoms with Crippen molar-refractivity contribution in [2.24, 2.45) is 0 Å². The molecule has 0 saturated carbocycles. The summed E-state index contributed by atoms with van der Waals surface area (Å²) in [5, 5.41) is 9.09. The minimum Gasteiger partial charge on any atom is -0.508 e. The third-order valence-corrected chi connectivity index (χ3v) is 4.42. The fourth-order valence-corrected chi connectivity index (χ4v) is 2.74. The van der Waals surface area contributed by atoms with E-state index in [1.54, 1.807) is 18.2 Å². The molecule has 35 heavy (non-hydrogen) atoms. The SMILES string of the molecule is C.C.COC(=O)c1ccc(O)cc1OC.COC(=O)c1ccc(OCc2ccccc2)cc1OC. The number of esters is 2. The highest BCUT2D eigenvalue weighted by Crippen LogP contribution is 2.26. The summed E-state index contributed by atoms with van der Waals surface area (Å²) in [6, 6.07) is 19.1. The summed E-state index contributed by atoms with van der Waals surface area (Å²) >= 11 is 0. The van der Waals surface area contributed by atoms with Gasteiger partial charge in [-0.15, -0.1) is 0 Å². The fraction of sp³-hybridized carbons (Fsp3) is 0.259. The van der Waals surface area contributed by atoms with Crippen molar-refractivity contribution in [2.75, 3.05) is 28.4 Å². The third kappa shape index (κ3) is 8.92. The average molecular weight is 487 g/mol. The van der Waals surface area contributed by atoms with Gasteiger partial charge >= 0.3 is 11.9 Å². The minimum atomic E-state index is -0.489. The molecule has 0 saturated heterocycles. The van der Waals surface area contributed by atoms with E-state index in [1.165, 1.54) is 46.6 Å². The molecule has 190 valence electrons. The van der Waals surface area contributed by atoms with Gasteiger partial charge in [-0.25, -0.2) is 9.59 Å². The molecule has 0 aliphatic carbocycles. The van der Waals surface area contributed by atoms with E-state index in [2.05, 4.69) is 9.47 Å². The molecule has 1 N–H and O–H groups in total. The molecule has 0 aliphatic rings. The minimum absolute atomic E-state index is 0. The molecular weight excluding hydrogens is 452 g/mol. The van der Waals surface area contributed by atoms with Gasteiger partial charge in [0.1, 0.15) is 40.7 Å². The number of phenolic OH excluding ortho intramolecular Hbond substituents is 1. The molecule has 0 heterocycles. The van der Waals surface area contributed by atoms with Crippen LogP contribution in [0.5, 0.6) is 23.0 Å². The Kier molecular flexibility index (Phi) is 13.7.